The molecule has 1 aromatic rings. The second-order valence-corrected chi connectivity index (χ2v) is 10.8. The van der Waals surface area contributed by atoms with Crippen molar-refractivity contribution in [1.82, 2.24) is 0 Å². The fourth-order valence-electron chi connectivity index (χ4n) is 5.78. The van der Waals surface area contributed by atoms with E-state index in [9.17, 15) is 4.79 Å². The van der Waals surface area contributed by atoms with E-state index in [4.69, 9.17) is 26.2 Å². The number of aliphatic hydroxyl groups is 1. The molecule has 0 unspecified atom stereocenters. The highest BCUT2D eigenvalue weighted by Crippen LogP contribution is 2.48. The Morgan fingerprint density at radius 1 is 1.11 bits per heavy atom. The lowest BCUT2D eigenvalue weighted by molar-refractivity contribution is -0.142. The van der Waals surface area contributed by atoms with Gasteiger partial charge in [0.15, 0.2) is 0 Å². The standard InChI is InChI=1S/C24H34ClNO3.C5H10O.CH4/c1-28-23(27)16-18-8-10-24(11-9-18)12-14-26(15-13-24)22-17-20(6-7-21(22)25)29-19-4-2-3-5-19;1-2-3-4-5-6;/h6-7,17-19H,2-5,8-16H2,1H3;3-4,6H,2,5H2,1H3;1H4/b;4-3-;. The van der Waals surface area contributed by atoms with Gasteiger partial charge in [0.1, 0.15) is 5.75 Å². The Kier molecular flexibility index (Phi) is 13.1. The van der Waals surface area contributed by atoms with Crippen molar-refractivity contribution in [2.24, 2.45) is 11.3 Å². The van der Waals surface area contributed by atoms with Crippen molar-refractivity contribution in [3.63, 3.8) is 0 Å². The Morgan fingerprint density at radius 3 is 2.33 bits per heavy atom. The second kappa shape index (κ2) is 15.5. The van der Waals surface area contributed by atoms with Gasteiger partial charge in [-0.25, -0.2) is 0 Å². The molecule has 1 aromatic carbocycles. The van der Waals surface area contributed by atoms with Gasteiger partial charge in [0, 0.05) is 25.6 Å². The number of esters is 1. The van der Waals surface area contributed by atoms with Crippen LogP contribution in [0, 0.1) is 11.3 Å². The lowest BCUT2D eigenvalue weighted by atomic mass is 9.65. The molecule has 6 heteroatoms. The number of ether oxygens (including phenoxy) is 2. The summed E-state index contributed by atoms with van der Waals surface area (Å²) < 4.78 is 11.0. The summed E-state index contributed by atoms with van der Waals surface area (Å²) in [6.45, 7) is 4.31. The molecule has 1 spiro atoms. The highest BCUT2D eigenvalue weighted by molar-refractivity contribution is 6.33. The van der Waals surface area contributed by atoms with Crippen LogP contribution in [0.15, 0.2) is 30.4 Å². The number of methoxy groups -OCH3 is 1. The number of hydrogen-bond acceptors (Lipinski definition) is 5. The first-order chi connectivity index (χ1) is 17.0. The number of carbonyl (C=O) groups is 1. The maximum Gasteiger partial charge on any atom is 0.305 e. The van der Waals surface area contributed by atoms with Gasteiger partial charge in [0.05, 0.1) is 30.5 Å². The molecule has 0 aromatic heterocycles. The lowest BCUT2D eigenvalue weighted by Gasteiger charge is -2.46. The highest BCUT2D eigenvalue weighted by Gasteiger charge is 2.38. The van der Waals surface area contributed by atoms with E-state index in [1.54, 1.807) is 6.08 Å². The molecule has 2 aliphatic carbocycles. The van der Waals surface area contributed by atoms with E-state index in [2.05, 4.69) is 11.0 Å². The maximum atomic E-state index is 11.6. The first-order valence-corrected chi connectivity index (χ1v) is 13.9. The van der Waals surface area contributed by atoms with E-state index in [0.717, 1.165) is 48.8 Å². The zero-order valence-electron chi connectivity index (χ0n) is 21.6. The molecule has 5 nitrogen and oxygen atoms in total. The van der Waals surface area contributed by atoms with Gasteiger partial charge in [0.2, 0.25) is 0 Å². The number of allylic oxidation sites excluding steroid dienone is 1. The van der Waals surface area contributed by atoms with Crippen LogP contribution >= 0.6 is 11.6 Å². The molecule has 0 radical (unpaired) electrons. The number of anilines is 1. The molecule has 1 aliphatic heterocycles. The third-order valence-corrected chi connectivity index (χ3v) is 8.36. The minimum absolute atomic E-state index is 0. The number of nitrogens with zero attached hydrogens (tertiary/aromatic N) is 1. The molecule has 0 atom stereocenters. The summed E-state index contributed by atoms with van der Waals surface area (Å²) in [7, 11) is 1.49. The number of carbonyl (C=O) groups excluding carboxylic acids is 1. The molecule has 0 bridgehead atoms. The second-order valence-electron chi connectivity index (χ2n) is 10.4. The summed E-state index contributed by atoms with van der Waals surface area (Å²) in [5.74, 6) is 1.40. The number of benzene rings is 1. The Labute approximate surface area is 224 Å². The van der Waals surface area contributed by atoms with E-state index in [1.807, 2.05) is 25.1 Å². The Hall–Kier alpha value is -1.72. The van der Waals surface area contributed by atoms with Crippen LogP contribution < -0.4 is 9.64 Å². The topological polar surface area (TPSA) is 59.0 Å². The maximum absolute atomic E-state index is 11.6. The quantitative estimate of drug-likeness (QED) is 0.296. The average Bonchev–Trinajstić information content (AvgIpc) is 3.39. The third-order valence-electron chi connectivity index (χ3n) is 8.04. The molecular weight excluding hydrogens is 474 g/mol. The van der Waals surface area contributed by atoms with E-state index in [1.165, 1.54) is 58.5 Å². The molecule has 1 N–H and O–H groups in total. The first-order valence-electron chi connectivity index (χ1n) is 13.5. The van der Waals surface area contributed by atoms with Crippen LogP contribution in [0.2, 0.25) is 5.02 Å². The number of aliphatic hydroxyl groups excluding tert-OH is 1. The van der Waals surface area contributed by atoms with E-state index < -0.39 is 0 Å². The summed E-state index contributed by atoms with van der Waals surface area (Å²) in [5, 5.41) is 8.93. The molecule has 3 aliphatic rings. The van der Waals surface area contributed by atoms with Gasteiger partial charge >= 0.3 is 5.97 Å². The number of hydrogen-bond donors (Lipinski definition) is 1. The lowest BCUT2D eigenvalue weighted by Crippen LogP contribution is -2.42. The van der Waals surface area contributed by atoms with Crippen molar-refractivity contribution in [2.45, 2.75) is 97.5 Å². The minimum Gasteiger partial charge on any atom is -0.490 e. The Bertz CT molecular complexity index is 797. The summed E-state index contributed by atoms with van der Waals surface area (Å²) in [6.07, 6.45) is 17.7. The van der Waals surface area contributed by atoms with Gasteiger partial charge in [-0.15, -0.1) is 0 Å². The monoisotopic (exact) mass is 521 g/mol. The zero-order valence-corrected chi connectivity index (χ0v) is 22.4. The van der Waals surface area contributed by atoms with Gasteiger partial charge in [0.25, 0.3) is 0 Å². The van der Waals surface area contributed by atoms with E-state index in [0.29, 0.717) is 23.9 Å². The van der Waals surface area contributed by atoms with Crippen LogP contribution in [0.5, 0.6) is 5.75 Å². The van der Waals surface area contributed by atoms with Gasteiger partial charge in [-0.05, 0) is 94.1 Å². The summed E-state index contributed by atoms with van der Waals surface area (Å²) in [6, 6.07) is 6.15. The van der Waals surface area contributed by atoms with E-state index in [-0.39, 0.29) is 20.0 Å². The van der Waals surface area contributed by atoms with Gasteiger partial charge < -0.3 is 19.5 Å². The molecule has 1 saturated heterocycles. The molecule has 36 heavy (non-hydrogen) atoms. The Balaban J connectivity index is 0.000000584. The summed E-state index contributed by atoms with van der Waals surface area (Å²) >= 11 is 6.56. The SMILES string of the molecule is C.CC/C=C\CO.COC(=O)CC1CCC2(CC1)CCN(c1cc(OC3CCCC3)ccc1Cl)CC2. The largest absolute Gasteiger partial charge is 0.490 e. The van der Waals surface area contributed by atoms with Crippen LogP contribution in [-0.4, -0.2) is 44.0 Å². The predicted molar refractivity (Wildman–Crippen MR) is 150 cm³/mol. The first kappa shape index (κ1) is 30.5. The molecule has 204 valence electrons. The average molecular weight is 522 g/mol. The highest BCUT2D eigenvalue weighted by atomic mass is 35.5. The minimum atomic E-state index is -0.0601. The van der Waals surface area contributed by atoms with Crippen LogP contribution in [0.1, 0.15) is 91.4 Å². The molecule has 4 rings (SSSR count). The molecule has 2 saturated carbocycles. The van der Waals surface area contributed by atoms with Crippen molar-refractivity contribution in [3.8, 4) is 5.75 Å². The fraction of sp³-hybridized carbons (Fsp3) is 0.700. The predicted octanol–water partition coefficient (Wildman–Crippen LogP) is 7.58. The smallest absolute Gasteiger partial charge is 0.305 e. The van der Waals surface area contributed by atoms with Gasteiger partial charge in [-0.1, -0.05) is 38.1 Å². The van der Waals surface area contributed by atoms with E-state index >= 15 is 0 Å². The van der Waals surface area contributed by atoms with Crippen LogP contribution in [-0.2, 0) is 9.53 Å². The summed E-state index contributed by atoms with van der Waals surface area (Å²) in [5.41, 5.74) is 1.57. The number of piperidine rings is 1. The Morgan fingerprint density at radius 2 is 1.78 bits per heavy atom. The number of rotatable bonds is 7. The van der Waals surface area contributed by atoms with Crippen LogP contribution in [0.4, 0.5) is 5.69 Å². The normalized spacial score (nSPS) is 20.1. The van der Waals surface area contributed by atoms with Crippen LogP contribution in [0.3, 0.4) is 0 Å². The van der Waals surface area contributed by atoms with Crippen molar-refractivity contribution in [2.75, 3.05) is 31.7 Å². The third kappa shape index (κ3) is 8.99. The van der Waals surface area contributed by atoms with Gasteiger partial charge in [-0.2, -0.15) is 0 Å². The van der Waals surface area contributed by atoms with Crippen molar-refractivity contribution in [1.29, 1.82) is 0 Å². The number of halogens is 1. The molecule has 0 amide bonds. The van der Waals surface area contributed by atoms with Crippen LogP contribution in [0.25, 0.3) is 0 Å². The zero-order chi connectivity index (χ0) is 25.1. The summed E-state index contributed by atoms with van der Waals surface area (Å²) in [4.78, 5) is 14.0. The van der Waals surface area contributed by atoms with Crippen molar-refractivity contribution >= 4 is 23.3 Å². The van der Waals surface area contributed by atoms with Crippen molar-refractivity contribution in [3.05, 3.63) is 35.4 Å². The van der Waals surface area contributed by atoms with Gasteiger partial charge in [-0.3, -0.25) is 4.79 Å². The molecule has 3 fully saturated rings. The molecule has 1 heterocycles. The fourth-order valence-corrected chi connectivity index (χ4v) is 6.02. The van der Waals surface area contributed by atoms with Crippen molar-refractivity contribution < 1.29 is 19.4 Å². The molecular formula is C30H48ClNO4.